The normalized spacial score (nSPS) is 16.3. The maximum Gasteiger partial charge on any atom is 0.0638 e. The minimum atomic E-state index is 0.661. The first-order valence-corrected chi connectivity index (χ1v) is 5.91. The molecule has 0 radical (unpaired) electrons. The number of aryl methyl sites for hydroxylation is 1. The standard InChI is InChI=1S/C12H21N3/c1-9(2)7-15-8-11(10(3)14-15)6-13-12-4-5-12/h8-9,12-13H,4-7H2,1-3H3. The van der Waals surface area contributed by atoms with Gasteiger partial charge in [0, 0.05) is 30.9 Å². The molecule has 0 bridgehead atoms. The number of nitrogens with one attached hydrogen (secondary N) is 1. The minimum Gasteiger partial charge on any atom is -0.310 e. The van der Waals surface area contributed by atoms with Gasteiger partial charge in [0.05, 0.1) is 5.69 Å². The van der Waals surface area contributed by atoms with E-state index in [1.807, 2.05) is 0 Å². The molecule has 0 saturated heterocycles. The molecule has 1 aliphatic carbocycles. The van der Waals surface area contributed by atoms with Crippen LogP contribution in [0, 0.1) is 12.8 Å². The van der Waals surface area contributed by atoms with Crippen molar-refractivity contribution in [3.05, 3.63) is 17.5 Å². The van der Waals surface area contributed by atoms with Gasteiger partial charge in [0.2, 0.25) is 0 Å². The Morgan fingerprint density at radius 2 is 2.27 bits per heavy atom. The SMILES string of the molecule is Cc1nn(CC(C)C)cc1CNC1CC1. The van der Waals surface area contributed by atoms with E-state index in [2.05, 4.69) is 42.1 Å². The van der Waals surface area contributed by atoms with Gasteiger partial charge < -0.3 is 5.32 Å². The van der Waals surface area contributed by atoms with Crippen LogP contribution in [0.15, 0.2) is 6.20 Å². The molecule has 0 aromatic carbocycles. The van der Waals surface area contributed by atoms with Crippen molar-refractivity contribution in [3.8, 4) is 0 Å². The molecule has 1 saturated carbocycles. The van der Waals surface area contributed by atoms with Gasteiger partial charge in [-0.15, -0.1) is 0 Å². The molecule has 1 aromatic rings. The smallest absolute Gasteiger partial charge is 0.0638 e. The first-order chi connectivity index (χ1) is 7.15. The van der Waals surface area contributed by atoms with Crippen LogP contribution < -0.4 is 5.32 Å². The van der Waals surface area contributed by atoms with Gasteiger partial charge in [-0.25, -0.2) is 0 Å². The van der Waals surface area contributed by atoms with Crippen LogP contribution in [0.4, 0.5) is 0 Å². The Labute approximate surface area is 91.9 Å². The highest BCUT2D eigenvalue weighted by molar-refractivity contribution is 5.15. The summed E-state index contributed by atoms with van der Waals surface area (Å²) >= 11 is 0. The van der Waals surface area contributed by atoms with Crippen molar-refractivity contribution in [2.75, 3.05) is 0 Å². The molecule has 0 aliphatic heterocycles. The van der Waals surface area contributed by atoms with Gasteiger partial charge in [0.25, 0.3) is 0 Å². The lowest BCUT2D eigenvalue weighted by molar-refractivity contribution is 0.481. The van der Waals surface area contributed by atoms with Crippen LogP contribution in [0.5, 0.6) is 0 Å². The van der Waals surface area contributed by atoms with E-state index < -0.39 is 0 Å². The molecular formula is C12H21N3. The van der Waals surface area contributed by atoms with Crippen LogP contribution in [0.3, 0.4) is 0 Å². The predicted molar refractivity (Wildman–Crippen MR) is 61.7 cm³/mol. The zero-order valence-corrected chi connectivity index (χ0v) is 9.95. The van der Waals surface area contributed by atoms with Crippen LogP contribution in [0.2, 0.25) is 0 Å². The minimum absolute atomic E-state index is 0.661. The fraction of sp³-hybridized carbons (Fsp3) is 0.750. The van der Waals surface area contributed by atoms with Crippen LogP contribution in [-0.4, -0.2) is 15.8 Å². The average molecular weight is 207 g/mol. The molecule has 3 nitrogen and oxygen atoms in total. The van der Waals surface area contributed by atoms with Gasteiger partial charge in [0.15, 0.2) is 0 Å². The summed E-state index contributed by atoms with van der Waals surface area (Å²) < 4.78 is 2.07. The van der Waals surface area contributed by atoms with E-state index in [4.69, 9.17) is 0 Å². The van der Waals surface area contributed by atoms with E-state index in [-0.39, 0.29) is 0 Å². The highest BCUT2D eigenvalue weighted by atomic mass is 15.3. The number of aromatic nitrogens is 2. The largest absolute Gasteiger partial charge is 0.310 e. The summed E-state index contributed by atoms with van der Waals surface area (Å²) in [6.45, 7) is 8.54. The van der Waals surface area contributed by atoms with E-state index in [1.165, 1.54) is 24.1 Å². The Kier molecular flexibility index (Phi) is 3.10. The fourth-order valence-corrected chi connectivity index (χ4v) is 1.74. The predicted octanol–water partition coefficient (Wildman–Crippen LogP) is 2.10. The highest BCUT2D eigenvalue weighted by Gasteiger charge is 2.20. The molecule has 0 atom stereocenters. The first kappa shape index (κ1) is 10.7. The van der Waals surface area contributed by atoms with Crippen molar-refractivity contribution in [3.63, 3.8) is 0 Å². The third-order valence-electron chi connectivity index (χ3n) is 2.76. The van der Waals surface area contributed by atoms with Crippen molar-refractivity contribution in [1.29, 1.82) is 0 Å². The molecule has 0 amide bonds. The monoisotopic (exact) mass is 207 g/mol. The van der Waals surface area contributed by atoms with Gasteiger partial charge in [-0.3, -0.25) is 4.68 Å². The number of nitrogens with zero attached hydrogens (tertiary/aromatic N) is 2. The molecule has 0 spiro atoms. The number of hydrogen-bond donors (Lipinski definition) is 1. The topological polar surface area (TPSA) is 29.9 Å². The lowest BCUT2D eigenvalue weighted by Crippen LogP contribution is -2.15. The van der Waals surface area contributed by atoms with Crippen molar-refractivity contribution in [2.24, 2.45) is 5.92 Å². The third-order valence-corrected chi connectivity index (χ3v) is 2.76. The lowest BCUT2D eigenvalue weighted by atomic mass is 10.2. The molecule has 1 fully saturated rings. The molecule has 84 valence electrons. The van der Waals surface area contributed by atoms with Crippen LogP contribution in [0.25, 0.3) is 0 Å². The van der Waals surface area contributed by atoms with Gasteiger partial charge >= 0.3 is 0 Å². The Morgan fingerprint density at radius 1 is 1.53 bits per heavy atom. The summed E-state index contributed by atoms with van der Waals surface area (Å²) in [5.74, 6) is 0.661. The molecule has 1 heterocycles. The summed E-state index contributed by atoms with van der Waals surface area (Å²) in [6.07, 6.45) is 4.88. The maximum atomic E-state index is 4.53. The molecular weight excluding hydrogens is 186 g/mol. The van der Waals surface area contributed by atoms with Crippen LogP contribution >= 0.6 is 0 Å². The molecule has 1 aromatic heterocycles. The molecule has 1 N–H and O–H groups in total. The van der Waals surface area contributed by atoms with E-state index >= 15 is 0 Å². The summed E-state index contributed by atoms with van der Waals surface area (Å²) in [6, 6.07) is 0.776. The van der Waals surface area contributed by atoms with Crippen molar-refractivity contribution >= 4 is 0 Å². The number of hydrogen-bond acceptors (Lipinski definition) is 2. The van der Waals surface area contributed by atoms with Crippen LogP contribution in [0.1, 0.15) is 37.9 Å². The van der Waals surface area contributed by atoms with E-state index in [9.17, 15) is 0 Å². The van der Waals surface area contributed by atoms with Crippen LogP contribution in [-0.2, 0) is 13.1 Å². The van der Waals surface area contributed by atoms with E-state index in [1.54, 1.807) is 0 Å². The Balaban J connectivity index is 1.93. The summed E-state index contributed by atoms with van der Waals surface area (Å²) in [7, 11) is 0. The zero-order valence-electron chi connectivity index (χ0n) is 9.95. The van der Waals surface area contributed by atoms with Gasteiger partial charge in [-0.2, -0.15) is 5.10 Å². The van der Waals surface area contributed by atoms with Crippen molar-refractivity contribution in [1.82, 2.24) is 15.1 Å². The maximum absolute atomic E-state index is 4.53. The first-order valence-electron chi connectivity index (χ1n) is 5.91. The zero-order chi connectivity index (χ0) is 10.8. The molecule has 1 aliphatic rings. The second-order valence-electron chi connectivity index (χ2n) is 5.01. The van der Waals surface area contributed by atoms with Gasteiger partial charge in [-0.1, -0.05) is 13.8 Å². The number of rotatable bonds is 5. The molecule has 15 heavy (non-hydrogen) atoms. The molecule has 0 unspecified atom stereocenters. The van der Waals surface area contributed by atoms with Crippen molar-refractivity contribution < 1.29 is 0 Å². The third kappa shape index (κ3) is 3.06. The summed E-state index contributed by atoms with van der Waals surface area (Å²) in [4.78, 5) is 0. The summed E-state index contributed by atoms with van der Waals surface area (Å²) in [5.41, 5.74) is 2.52. The Hall–Kier alpha value is -0.830. The lowest BCUT2D eigenvalue weighted by Gasteiger charge is -2.03. The van der Waals surface area contributed by atoms with E-state index in [0.29, 0.717) is 5.92 Å². The van der Waals surface area contributed by atoms with E-state index in [0.717, 1.165) is 19.1 Å². The Bertz CT molecular complexity index is 324. The second kappa shape index (κ2) is 4.35. The molecule has 2 rings (SSSR count). The molecule has 3 heteroatoms. The quantitative estimate of drug-likeness (QED) is 0.801. The second-order valence-corrected chi connectivity index (χ2v) is 5.01. The Morgan fingerprint density at radius 3 is 2.87 bits per heavy atom. The van der Waals surface area contributed by atoms with Crippen molar-refractivity contribution in [2.45, 2.75) is 52.7 Å². The highest BCUT2D eigenvalue weighted by Crippen LogP contribution is 2.19. The van der Waals surface area contributed by atoms with Gasteiger partial charge in [0.1, 0.15) is 0 Å². The summed E-state index contributed by atoms with van der Waals surface area (Å²) in [5, 5.41) is 8.05. The average Bonchev–Trinajstić information content (AvgIpc) is 2.89. The fourth-order valence-electron chi connectivity index (χ4n) is 1.74. The van der Waals surface area contributed by atoms with Gasteiger partial charge in [-0.05, 0) is 25.7 Å².